The molecule has 39 heavy (non-hydrogen) atoms. The van der Waals surface area contributed by atoms with E-state index < -0.39 is 47.9 Å². The highest BCUT2D eigenvalue weighted by molar-refractivity contribution is 7.98. The molecular weight excluding hydrogens is 516 g/mol. The van der Waals surface area contributed by atoms with E-state index >= 15 is 0 Å². The number of nitrogens with one attached hydrogen (secondary N) is 3. The molecule has 5 atom stereocenters. The lowest BCUT2D eigenvalue weighted by Crippen LogP contribution is -2.59. The van der Waals surface area contributed by atoms with E-state index in [9.17, 15) is 24.3 Å². The molecule has 10 heteroatoms. The van der Waals surface area contributed by atoms with Crippen LogP contribution in [0.15, 0.2) is 60.7 Å². The zero-order valence-corrected chi connectivity index (χ0v) is 23.6. The van der Waals surface area contributed by atoms with Crippen molar-refractivity contribution in [2.24, 2.45) is 11.7 Å². The van der Waals surface area contributed by atoms with Gasteiger partial charge >= 0.3 is 5.97 Å². The molecule has 0 saturated carbocycles. The number of thioether (sulfide) groups is 1. The maximum Gasteiger partial charge on any atom is 0.326 e. The van der Waals surface area contributed by atoms with Gasteiger partial charge in [-0.25, -0.2) is 4.79 Å². The van der Waals surface area contributed by atoms with E-state index in [1.807, 2.05) is 56.5 Å². The van der Waals surface area contributed by atoms with Crippen molar-refractivity contribution in [1.29, 1.82) is 0 Å². The minimum Gasteiger partial charge on any atom is -0.480 e. The summed E-state index contributed by atoms with van der Waals surface area (Å²) in [6, 6.07) is 14.2. The number of rotatable bonds is 16. The normalized spacial score (nSPS) is 14.8. The van der Waals surface area contributed by atoms with Gasteiger partial charge in [-0.2, -0.15) is 11.8 Å². The lowest BCUT2D eigenvalue weighted by molar-refractivity contribution is -0.142. The number of carbonyl (C=O) groups is 4. The Morgan fingerprint density at radius 1 is 0.821 bits per heavy atom. The van der Waals surface area contributed by atoms with Crippen LogP contribution in [0.25, 0.3) is 0 Å². The Morgan fingerprint density at radius 2 is 1.33 bits per heavy atom. The topological polar surface area (TPSA) is 151 Å². The van der Waals surface area contributed by atoms with E-state index in [4.69, 9.17) is 5.73 Å². The quantitative estimate of drug-likeness (QED) is 0.213. The van der Waals surface area contributed by atoms with E-state index in [0.717, 1.165) is 11.1 Å². The lowest BCUT2D eigenvalue weighted by atomic mass is 9.96. The third-order valence-corrected chi connectivity index (χ3v) is 7.22. The largest absolute Gasteiger partial charge is 0.480 e. The first-order chi connectivity index (χ1) is 18.7. The van der Waals surface area contributed by atoms with Gasteiger partial charge in [0.2, 0.25) is 17.7 Å². The van der Waals surface area contributed by atoms with Gasteiger partial charge in [-0.05, 0) is 35.5 Å². The molecule has 0 saturated heterocycles. The average Bonchev–Trinajstić information content (AvgIpc) is 2.94. The van der Waals surface area contributed by atoms with E-state index in [2.05, 4.69) is 16.0 Å². The second kappa shape index (κ2) is 16.6. The maximum atomic E-state index is 13.5. The van der Waals surface area contributed by atoms with E-state index in [-0.39, 0.29) is 18.8 Å². The summed E-state index contributed by atoms with van der Waals surface area (Å²) >= 11 is 1.58. The SMILES string of the molecule is CCC(C)C(NC(=O)C(N)CCSC)C(=O)NC(Cc1ccccc1)C(=O)NC(Cc1ccccc1)C(=O)O. The van der Waals surface area contributed by atoms with Gasteiger partial charge in [0.05, 0.1) is 6.04 Å². The Bertz CT molecular complexity index is 1070. The zero-order chi connectivity index (χ0) is 28.8. The summed E-state index contributed by atoms with van der Waals surface area (Å²) in [5, 5.41) is 17.9. The van der Waals surface area contributed by atoms with Crippen molar-refractivity contribution in [2.75, 3.05) is 12.0 Å². The third-order valence-electron chi connectivity index (χ3n) is 6.58. The first-order valence-electron chi connectivity index (χ1n) is 13.1. The molecule has 0 heterocycles. The predicted molar refractivity (Wildman–Crippen MR) is 154 cm³/mol. The first kappa shape index (κ1) is 31.8. The summed E-state index contributed by atoms with van der Waals surface area (Å²) in [6.07, 6.45) is 3.23. The minimum absolute atomic E-state index is 0.0907. The number of aliphatic carboxylic acids is 1. The van der Waals surface area contributed by atoms with Crippen LogP contribution in [0.3, 0.4) is 0 Å². The van der Waals surface area contributed by atoms with Crippen LogP contribution in [0.2, 0.25) is 0 Å². The number of carboxylic acid groups (broad SMARTS) is 1. The van der Waals surface area contributed by atoms with Crippen LogP contribution in [0.1, 0.15) is 37.8 Å². The van der Waals surface area contributed by atoms with Crippen molar-refractivity contribution in [2.45, 2.75) is 63.7 Å². The highest BCUT2D eigenvalue weighted by Crippen LogP contribution is 2.12. The van der Waals surface area contributed by atoms with Crippen molar-refractivity contribution in [3.63, 3.8) is 0 Å². The van der Waals surface area contributed by atoms with Crippen molar-refractivity contribution in [3.8, 4) is 0 Å². The molecular formula is C29H40N4O5S. The smallest absolute Gasteiger partial charge is 0.326 e. The fraction of sp³-hybridized carbons (Fsp3) is 0.448. The van der Waals surface area contributed by atoms with Crippen molar-refractivity contribution in [3.05, 3.63) is 71.8 Å². The molecule has 0 aliphatic rings. The number of carbonyl (C=O) groups excluding carboxylic acids is 3. The first-order valence-corrected chi connectivity index (χ1v) is 14.5. The Hall–Kier alpha value is -3.37. The van der Waals surface area contributed by atoms with Gasteiger partial charge in [-0.1, -0.05) is 80.9 Å². The minimum atomic E-state index is -1.19. The molecule has 0 aliphatic carbocycles. The number of carboxylic acids is 1. The van der Waals surface area contributed by atoms with Gasteiger partial charge in [-0.3, -0.25) is 14.4 Å². The van der Waals surface area contributed by atoms with Crippen LogP contribution in [0.5, 0.6) is 0 Å². The Balaban J connectivity index is 2.24. The summed E-state index contributed by atoms with van der Waals surface area (Å²) in [7, 11) is 0. The highest BCUT2D eigenvalue weighted by Gasteiger charge is 2.32. The molecule has 2 rings (SSSR count). The molecule has 9 nitrogen and oxygen atoms in total. The van der Waals surface area contributed by atoms with E-state index in [0.29, 0.717) is 18.6 Å². The van der Waals surface area contributed by atoms with Crippen molar-refractivity contribution >= 4 is 35.5 Å². The van der Waals surface area contributed by atoms with Crippen LogP contribution in [-0.2, 0) is 32.0 Å². The Labute approximate surface area is 234 Å². The van der Waals surface area contributed by atoms with Gasteiger partial charge in [-0.15, -0.1) is 0 Å². The second-order valence-electron chi connectivity index (χ2n) is 9.60. The summed E-state index contributed by atoms with van der Waals surface area (Å²) in [5.41, 5.74) is 7.56. The molecule has 0 aromatic heterocycles. The van der Waals surface area contributed by atoms with Crippen LogP contribution < -0.4 is 21.7 Å². The third kappa shape index (κ3) is 10.7. The zero-order valence-electron chi connectivity index (χ0n) is 22.8. The van der Waals surface area contributed by atoms with Crippen LogP contribution in [0.4, 0.5) is 0 Å². The fourth-order valence-corrected chi connectivity index (χ4v) is 4.47. The van der Waals surface area contributed by atoms with Crippen LogP contribution in [-0.4, -0.2) is 65.0 Å². The average molecular weight is 557 g/mol. The van der Waals surface area contributed by atoms with E-state index in [1.165, 1.54) is 0 Å². The van der Waals surface area contributed by atoms with Gasteiger partial charge in [0.25, 0.3) is 0 Å². The second-order valence-corrected chi connectivity index (χ2v) is 10.6. The lowest BCUT2D eigenvalue weighted by Gasteiger charge is -2.28. The monoisotopic (exact) mass is 556 g/mol. The molecule has 3 amide bonds. The van der Waals surface area contributed by atoms with Gasteiger partial charge < -0.3 is 26.8 Å². The summed E-state index contributed by atoms with van der Waals surface area (Å²) in [6.45, 7) is 3.74. The fourth-order valence-electron chi connectivity index (χ4n) is 3.98. The van der Waals surface area contributed by atoms with Gasteiger partial charge in [0.1, 0.15) is 18.1 Å². The molecule has 5 unspecified atom stereocenters. The van der Waals surface area contributed by atoms with E-state index in [1.54, 1.807) is 36.0 Å². The molecule has 212 valence electrons. The van der Waals surface area contributed by atoms with Gasteiger partial charge in [0, 0.05) is 12.8 Å². The highest BCUT2D eigenvalue weighted by atomic mass is 32.2. The Morgan fingerprint density at radius 3 is 1.82 bits per heavy atom. The Kier molecular flexibility index (Phi) is 13.5. The summed E-state index contributed by atoms with van der Waals surface area (Å²) in [5.74, 6) is -2.28. The van der Waals surface area contributed by atoms with Crippen molar-refractivity contribution < 1.29 is 24.3 Å². The molecule has 0 aliphatic heterocycles. The van der Waals surface area contributed by atoms with Crippen molar-refractivity contribution in [1.82, 2.24) is 16.0 Å². The van der Waals surface area contributed by atoms with Gasteiger partial charge in [0.15, 0.2) is 0 Å². The standard InChI is InChI=1S/C29H40N4O5S/c1-4-19(2)25(33-26(34)22(30)15-16-39-3)28(36)31-23(17-20-11-7-5-8-12-20)27(35)32-24(29(37)38)18-21-13-9-6-10-14-21/h5-14,19,22-25H,4,15-18,30H2,1-3H3,(H,31,36)(H,32,35)(H,33,34)(H,37,38). The maximum absolute atomic E-state index is 13.5. The molecule has 2 aromatic rings. The number of hydrogen-bond acceptors (Lipinski definition) is 6. The molecule has 2 aromatic carbocycles. The molecule has 0 bridgehead atoms. The number of benzene rings is 2. The molecule has 0 fully saturated rings. The number of nitrogens with two attached hydrogens (primary N) is 1. The summed E-state index contributed by atoms with van der Waals surface area (Å²) < 4.78 is 0. The summed E-state index contributed by atoms with van der Waals surface area (Å²) in [4.78, 5) is 51.6. The molecule has 0 spiro atoms. The number of amides is 3. The molecule has 6 N–H and O–H groups in total. The molecule has 0 radical (unpaired) electrons. The predicted octanol–water partition coefficient (Wildman–Crippen LogP) is 2.14. The van der Waals surface area contributed by atoms with Crippen LogP contribution >= 0.6 is 11.8 Å². The number of hydrogen-bond donors (Lipinski definition) is 5. The van der Waals surface area contributed by atoms with Crippen LogP contribution in [0, 0.1) is 5.92 Å².